The molecule has 0 bridgehead atoms. The van der Waals surface area contributed by atoms with Crippen LogP contribution in [0.5, 0.6) is 0 Å². The number of carboxylic acid groups (broad SMARTS) is 1. The Kier molecular flexibility index (Phi) is 8.17. The minimum Gasteiger partial charge on any atom is -0.481 e. The molecule has 17 heavy (non-hydrogen) atoms. The highest BCUT2D eigenvalue weighted by Gasteiger charge is 2.39. The molecule has 0 spiro atoms. The lowest BCUT2D eigenvalue weighted by molar-refractivity contribution is -0.144. The Morgan fingerprint density at radius 1 is 1.29 bits per heavy atom. The monoisotopic (exact) mass is 246 g/mol. The van der Waals surface area contributed by atoms with Gasteiger partial charge in [0.15, 0.2) is 0 Å². The molecule has 0 saturated heterocycles. The van der Waals surface area contributed by atoms with Gasteiger partial charge in [0.2, 0.25) is 0 Å². The van der Waals surface area contributed by atoms with E-state index in [1.165, 1.54) is 0 Å². The quantitative estimate of drug-likeness (QED) is 0.757. The smallest absolute Gasteiger partial charge is 0.307 e. The van der Waals surface area contributed by atoms with E-state index in [9.17, 15) is 4.79 Å². The van der Waals surface area contributed by atoms with Gasteiger partial charge < -0.3 is 14.6 Å². The maximum atomic E-state index is 10.6. The van der Waals surface area contributed by atoms with Gasteiger partial charge in [0.25, 0.3) is 0 Å². The predicted octanol–water partition coefficient (Wildman–Crippen LogP) is 2.57. The van der Waals surface area contributed by atoms with Crippen molar-refractivity contribution in [3.8, 4) is 0 Å². The van der Waals surface area contributed by atoms with E-state index in [4.69, 9.17) is 14.6 Å². The van der Waals surface area contributed by atoms with Crippen LogP contribution in [0, 0.1) is 11.3 Å². The van der Waals surface area contributed by atoms with E-state index in [2.05, 4.69) is 0 Å². The molecule has 4 nitrogen and oxygen atoms in total. The molecule has 1 aliphatic carbocycles. The first-order chi connectivity index (χ1) is 7.95. The molecule has 1 rings (SSSR count). The Hall–Kier alpha value is -0.610. The Morgan fingerprint density at radius 3 is 2.06 bits per heavy atom. The molecule has 0 aliphatic heterocycles. The van der Waals surface area contributed by atoms with Crippen molar-refractivity contribution >= 4 is 5.97 Å². The first-order valence-corrected chi connectivity index (χ1v) is 6.16. The van der Waals surface area contributed by atoms with Crippen molar-refractivity contribution in [2.75, 3.05) is 27.4 Å². The Morgan fingerprint density at radius 2 is 1.82 bits per heavy atom. The van der Waals surface area contributed by atoms with Crippen LogP contribution in [0.15, 0.2) is 0 Å². The second-order valence-electron chi connectivity index (χ2n) is 5.11. The molecular formula is C13H26O4. The van der Waals surface area contributed by atoms with Gasteiger partial charge >= 0.3 is 5.97 Å². The maximum Gasteiger partial charge on any atom is 0.307 e. The van der Waals surface area contributed by atoms with Gasteiger partial charge in [-0.25, -0.2) is 0 Å². The summed E-state index contributed by atoms with van der Waals surface area (Å²) in [4.78, 5) is 10.6. The summed E-state index contributed by atoms with van der Waals surface area (Å²) in [6, 6.07) is 0. The molecule has 1 saturated carbocycles. The van der Waals surface area contributed by atoms with E-state index in [1.807, 2.05) is 13.8 Å². The third kappa shape index (κ3) is 6.64. The third-order valence-corrected chi connectivity index (χ3v) is 3.25. The number of hydrogen-bond donors (Lipinski definition) is 1. The van der Waals surface area contributed by atoms with Gasteiger partial charge in [-0.05, 0) is 24.7 Å². The summed E-state index contributed by atoms with van der Waals surface area (Å²) in [5.41, 5.74) is 0.0336. The molecule has 0 amide bonds. The maximum absolute atomic E-state index is 10.6. The normalized spacial score (nSPS) is 21.8. The number of carbonyl (C=O) groups is 1. The zero-order valence-electron chi connectivity index (χ0n) is 11.5. The fourth-order valence-corrected chi connectivity index (χ4v) is 2.13. The molecule has 0 aromatic rings. The molecule has 0 radical (unpaired) electrons. The van der Waals surface area contributed by atoms with Gasteiger partial charge in [-0.3, -0.25) is 4.79 Å². The number of ether oxygens (including phenoxy) is 2. The lowest BCUT2D eigenvalue weighted by Crippen LogP contribution is -2.25. The molecule has 1 atom stereocenters. The highest BCUT2D eigenvalue weighted by atomic mass is 16.5. The minimum absolute atomic E-state index is 0.0336. The van der Waals surface area contributed by atoms with Crippen LogP contribution in [0.2, 0.25) is 0 Å². The lowest BCUT2D eigenvalue weighted by Gasteiger charge is -2.22. The summed E-state index contributed by atoms with van der Waals surface area (Å²) < 4.78 is 9.53. The second-order valence-corrected chi connectivity index (χ2v) is 5.11. The number of rotatable bonds is 5. The zero-order chi connectivity index (χ0) is 13.3. The molecule has 4 heteroatoms. The first kappa shape index (κ1) is 16.4. The van der Waals surface area contributed by atoms with Crippen LogP contribution in [0.1, 0.15) is 39.5 Å². The van der Waals surface area contributed by atoms with Crippen LogP contribution < -0.4 is 0 Å². The Balaban J connectivity index is 0.000000325. The van der Waals surface area contributed by atoms with E-state index in [0.717, 1.165) is 38.9 Å². The van der Waals surface area contributed by atoms with Crippen molar-refractivity contribution in [3.05, 3.63) is 0 Å². The Bertz CT molecular complexity index is 209. The van der Waals surface area contributed by atoms with Gasteiger partial charge in [-0.15, -0.1) is 0 Å². The summed E-state index contributed by atoms with van der Waals surface area (Å²) in [6.45, 7) is 5.68. The molecule has 1 N–H and O–H groups in total. The van der Waals surface area contributed by atoms with E-state index in [0.29, 0.717) is 0 Å². The fraction of sp³-hybridized carbons (Fsp3) is 0.923. The van der Waals surface area contributed by atoms with E-state index in [-0.39, 0.29) is 11.3 Å². The summed E-state index contributed by atoms with van der Waals surface area (Å²) in [7, 11) is 3.38. The molecule has 1 fully saturated rings. The van der Waals surface area contributed by atoms with Crippen LogP contribution in [0.3, 0.4) is 0 Å². The average Bonchev–Trinajstić information content (AvgIpc) is 2.60. The van der Waals surface area contributed by atoms with Gasteiger partial charge in [-0.2, -0.15) is 0 Å². The average molecular weight is 246 g/mol. The first-order valence-electron chi connectivity index (χ1n) is 6.16. The summed E-state index contributed by atoms with van der Waals surface area (Å²) in [6.07, 6.45) is 3.99. The van der Waals surface area contributed by atoms with Crippen LogP contribution in [0.25, 0.3) is 0 Å². The predicted molar refractivity (Wildman–Crippen MR) is 67.1 cm³/mol. The number of methoxy groups -OCH3 is 2. The molecule has 0 aromatic heterocycles. The van der Waals surface area contributed by atoms with E-state index >= 15 is 0 Å². The molecule has 0 aromatic carbocycles. The second kappa shape index (κ2) is 8.48. The van der Waals surface area contributed by atoms with Crippen LogP contribution >= 0.6 is 0 Å². The number of carboxylic acids is 1. The van der Waals surface area contributed by atoms with Gasteiger partial charge in [-0.1, -0.05) is 20.3 Å². The summed E-state index contributed by atoms with van der Waals surface area (Å²) >= 11 is 0. The largest absolute Gasteiger partial charge is 0.481 e. The minimum atomic E-state index is -0.623. The van der Waals surface area contributed by atoms with E-state index < -0.39 is 5.97 Å². The molecule has 1 aliphatic rings. The summed E-state index contributed by atoms with van der Waals surface area (Å²) in [5, 5.41) is 8.75. The van der Waals surface area contributed by atoms with Gasteiger partial charge in [0.05, 0.1) is 5.92 Å². The third-order valence-electron chi connectivity index (χ3n) is 3.25. The van der Waals surface area contributed by atoms with Gasteiger partial charge in [0, 0.05) is 27.4 Å². The van der Waals surface area contributed by atoms with E-state index in [1.54, 1.807) is 14.2 Å². The van der Waals surface area contributed by atoms with Crippen molar-refractivity contribution in [1.82, 2.24) is 0 Å². The Labute approximate surface area is 104 Å². The molecule has 0 heterocycles. The lowest BCUT2D eigenvalue weighted by atomic mass is 9.82. The highest BCUT2D eigenvalue weighted by molar-refractivity contribution is 5.71. The molecule has 1 unspecified atom stereocenters. The topological polar surface area (TPSA) is 55.8 Å². The van der Waals surface area contributed by atoms with Crippen LogP contribution in [-0.4, -0.2) is 38.5 Å². The number of aliphatic carboxylic acids is 1. The van der Waals surface area contributed by atoms with Gasteiger partial charge in [0.1, 0.15) is 0 Å². The van der Waals surface area contributed by atoms with Crippen molar-refractivity contribution in [1.29, 1.82) is 0 Å². The fourth-order valence-electron chi connectivity index (χ4n) is 2.13. The SMILES string of the molecule is CC1(C)CCCC1C(=O)O.COCCCOC. The van der Waals surface area contributed by atoms with Crippen molar-refractivity contribution in [3.63, 3.8) is 0 Å². The van der Waals surface area contributed by atoms with Crippen LogP contribution in [0.4, 0.5) is 0 Å². The molecular weight excluding hydrogens is 220 g/mol. The van der Waals surface area contributed by atoms with Crippen molar-refractivity contribution in [2.24, 2.45) is 11.3 Å². The number of hydrogen-bond acceptors (Lipinski definition) is 3. The highest BCUT2D eigenvalue weighted by Crippen LogP contribution is 2.42. The van der Waals surface area contributed by atoms with Crippen LogP contribution in [-0.2, 0) is 14.3 Å². The van der Waals surface area contributed by atoms with Crippen molar-refractivity contribution < 1.29 is 19.4 Å². The standard InChI is InChI=1S/C8H14O2.C5H12O2/c1-8(2)5-3-4-6(8)7(9)10;1-6-4-3-5-7-2/h6H,3-5H2,1-2H3,(H,9,10);3-5H2,1-2H3. The zero-order valence-corrected chi connectivity index (χ0v) is 11.5. The molecule has 102 valence electrons. The van der Waals surface area contributed by atoms with Crippen molar-refractivity contribution in [2.45, 2.75) is 39.5 Å². The summed E-state index contributed by atoms with van der Waals surface area (Å²) in [5.74, 6) is -0.727.